The number of aryl methyl sites for hydroxylation is 1. The van der Waals surface area contributed by atoms with Crippen LogP contribution < -0.4 is 11.2 Å². The van der Waals surface area contributed by atoms with Gasteiger partial charge in [-0.1, -0.05) is 0 Å². The molecule has 0 aromatic carbocycles. The van der Waals surface area contributed by atoms with Crippen molar-refractivity contribution in [2.75, 3.05) is 32.8 Å². The minimum atomic E-state index is -0.632. The second kappa shape index (κ2) is 6.33. The quantitative estimate of drug-likeness (QED) is 0.730. The highest BCUT2D eigenvalue weighted by molar-refractivity contribution is 5.02. The lowest BCUT2D eigenvalue weighted by Crippen LogP contribution is -2.43. The van der Waals surface area contributed by atoms with Crippen LogP contribution in [0.15, 0.2) is 15.8 Å². The summed E-state index contributed by atoms with van der Waals surface area (Å²) >= 11 is 0. The Bertz CT molecular complexity index is 634. The number of rotatable bonds is 3. The highest BCUT2D eigenvalue weighted by Crippen LogP contribution is 2.28. The smallest absolute Gasteiger partial charge is 0.330 e. The number of nitrogens with zero attached hydrogens (tertiary/aromatic N) is 2. The first-order valence-electron chi connectivity index (χ1n) is 7.50. The molecule has 22 heavy (non-hydrogen) atoms. The van der Waals surface area contributed by atoms with Crippen molar-refractivity contribution in [3.05, 3.63) is 32.6 Å². The van der Waals surface area contributed by atoms with E-state index in [0.29, 0.717) is 31.7 Å². The fourth-order valence-corrected chi connectivity index (χ4v) is 2.89. The molecule has 0 bridgehead atoms. The van der Waals surface area contributed by atoms with E-state index in [-0.39, 0.29) is 6.10 Å². The molecule has 3 atom stereocenters. The third-order valence-corrected chi connectivity index (χ3v) is 4.20. The van der Waals surface area contributed by atoms with Crippen molar-refractivity contribution in [2.24, 2.45) is 0 Å². The van der Waals surface area contributed by atoms with Crippen LogP contribution in [0.1, 0.15) is 18.2 Å². The minimum Gasteiger partial charge on any atom is -0.390 e. The van der Waals surface area contributed by atoms with Gasteiger partial charge in [0.15, 0.2) is 0 Å². The van der Waals surface area contributed by atoms with Gasteiger partial charge in [0.1, 0.15) is 6.23 Å². The van der Waals surface area contributed by atoms with Crippen LogP contribution in [0.4, 0.5) is 0 Å². The van der Waals surface area contributed by atoms with E-state index in [1.54, 1.807) is 6.92 Å². The molecule has 122 valence electrons. The number of nitrogens with one attached hydrogen (secondary N) is 1. The van der Waals surface area contributed by atoms with E-state index in [2.05, 4.69) is 9.88 Å². The van der Waals surface area contributed by atoms with Gasteiger partial charge in [-0.2, -0.15) is 0 Å². The van der Waals surface area contributed by atoms with Gasteiger partial charge in [-0.15, -0.1) is 0 Å². The third-order valence-electron chi connectivity index (χ3n) is 4.20. The monoisotopic (exact) mass is 311 g/mol. The fourth-order valence-electron chi connectivity index (χ4n) is 2.89. The molecule has 0 spiro atoms. The van der Waals surface area contributed by atoms with Crippen LogP contribution in [0.5, 0.6) is 0 Å². The molecule has 2 aliphatic rings. The Kier molecular flexibility index (Phi) is 4.44. The predicted octanol–water partition coefficient (Wildman–Crippen LogP) is -1.17. The molecule has 2 fully saturated rings. The summed E-state index contributed by atoms with van der Waals surface area (Å²) in [6.07, 6.45) is 0.286. The van der Waals surface area contributed by atoms with Crippen LogP contribution in [0.3, 0.4) is 0 Å². The summed E-state index contributed by atoms with van der Waals surface area (Å²) in [5.41, 5.74) is -0.473. The summed E-state index contributed by atoms with van der Waals surface area (Å²) in [7, 11) is 0. The van der Waals surface area contributed by atoms with E-state index < -0.39 is 23.6 Å². The van der Waals surface area contributed by atoms with Crippen LogP contribution in [0.25, 0.3) is 0 Å². The van der Waals surface area contributed by atoms with Gasteiger partial charge in [0.25, 0.3) is 5.56 Å². The number of H-pyrrole nitrogens is 1. The van der Waals surface area contributed by atoms with Crippen molar-refractivity contribution in [1.29, 1.82) is 0 Å². The normalized spacial score (nSPS) is 29.8. The standard InChI is InChI=1S/C14H21N3O5/c1-9-7-17(14(20)15-13(9)19)12-6-10(18)11(22-12)8-16-2-4-21-5-3-16/h7,10-12,18H,2-6,8H2,1H3,(H,15,19,20)/t10?,11-,12-/m1/s1. The second-order valence-corrected chi connectivity index (χ2v) is 5.82. The van der Waals surface area contributed by atoms with Crippen molar-refractivity contribution in [2.45, 2.75) is 31.8 Å². The maximum atomic E-state index is 11.9. The average Bonchev–Trinajstić information content (AvgIpc) is 2.85. The summed E-state index contributed by atoms with van der Waals surface area (Å²) in [6.45, 7) is 5.24. The Hall–Kier alpha value is -1.48. The van der Waals surface area contributed by atoms with Crippen molar-refractivity contribution in [1.82, 2.24) is 14.5 Å². The maximum Gasteiger partial charge on any atom is 0.330 e. The molecule has 0 saturated carbocycles. The van der Waals surface area contributed by atoms with Crippen molar-refractivity contribution in [3.8, 4) is 0 Å². The van der Waals surface area contributed by atoms with Gasteiger partial charge >= 0.3 is 5.69 Å². The summed E-state index contributed by atoms with van der Waals surface area (Å²) in [5.74, 6) is 0. The first kappa shape index (κ1) is 15.4. The van der Waals surface area contributed by atoms with Crippen LogP contribution in [-0.2, 0) is 9.47 Å². The number of aromatic amines is 1. The van der Waals surface area contributed by atoms with Crippen molar-refractivity contribution in [3.63, 3.8) is 0 Å². The fraction of sp³-hybridized carbons (Fsp3) is 0.714. The number of hydrogen-bond acceptors (Lipinski definition) is 6. The minimum absolute atomic E-state index is 0.334. The molecule has 1 aromatic heterocycles. The summed E-state index contributed by atoms with van der Waals surface area (Å²) in [4.78, 5) is 27.8. The maximum absolute atomic E-state index is 11.9. The molecule has 0 amide bonds. The summed E-state index contributed by atoms with van der Waals surface area (Å²) in [5, 5.41) is 10.2. The van der Waals surface area contributed by atoms with Gasteiger partial charge in [0.2, 0.25) is 0 Å². The zero-order valence-corrected chi connectivity index (χ0v) is 12.5. The number of hydrogen-bond donors (Lipinski definition) is 2. The third kappa shape index (κ3) is 3.14. The summed E-state index contributed by atoms with van der Waals surface area (Å²) in [6, 6.07) is 0. The SMILES string of the molecule is Cc1cn([C@H]2CC(O)[C@@H](CN3CCOCC3)O2)c(=O)[nH]c1=O. The van der Waals surface area contributed by atoms with E-state index in [9.17, 15) is 14.7 Å². The number of aromatic nitrogens is 2. The van der Waals surface area contributed by atoms with Gasteiger partial charge in [-0.05, 0) is 6.92 Å². The Morgan fingerprint density at radius 1 is 1.36 bits per heavy atom. The molecule has 1 aromatic rings. The largest absolute Gasteiger partial charge is 0.390 e. The number of aliphatic hydroxyl groups excluding tert-OH is 1. The molecule has 3 rings (SSSR count). The Morgan fingerprint density at radius 2 is 2.09 bits per heavy atom. The topological polar surface area (TPSA) is 96.8 Å². The lowest BCUT2D eigenvalue weighted by atomic mass is 10.1. The average molecular weight is 311 g/mol. The molecule has 0 radical (unpaired) electrons. The van der Waals surface area contributed by atoms with E-state index in [1.807, 2.05) is 0 Å². The van der Waals surface area contributed by atoms with Gasteiger partial charge in [-0.25, -0.2) is 4.79 Å². The first-order valence-corrected chi connectivity index (χ1v) is 7.50. The van der Waals surface area contributed by atoms with Gasteiger partial charge < -0.3 is 14.6 Å². The molecular weight excluding hydrogens is 290 g/mol. The number of ether oxygens (including phenoxy) is 2. The van der Waals surface area contributed by atoms with E-state index in [1.165, 1.54) is 10.8 Å². The highest BCUT2D eigenvalue weighted by Gasteiger charge is 2.36. The first-order chi connectivity index (χ1) is 10.5. The second-order valence-electron chi connectivity index (χ2n) is 5.82. The molecule has 2 saturated heterocycles. The number of morpholine rings is 1. The van der Waals surface area contributed by atoms with E-state index in [0.717, 1.165) is 13.1 Å². The predicted molar refractivity (Wildman–Crippen MR) is 77.9 cm³/mol. The highest BCUT2D eigenvalue weighted by atomic mass is 16.5. The lowest BCUT2D eigenvalue weighted by Gasteiger charge is -2.29. The Labute approximate surface area is 127 Å². The molecule has 3 heterocycles. The molecule has 2 aliphatic heterocycles. The van der Waals surface area contributed by atoms with Gasteiger partial charge in [0, 0.05) is 37.8 Å². The molecule has 8 nitrogen and oxygen atoms in total. The van der Waals surface area contributed by atoms with Crippen LogP contribution in [0.2, 0.25) is 0 Å². The van der Waals surface area contributed by atoms with Crippen LogP contribution >= 0.6 is 0 Å². The molecule has 0 aliphatic carbocycles. The van der Waals surface area contributed by atoms with Crippen molar-refractivity contribution < 1.29 is 14.6 Å². The number of aliphatic hydroxyl groups is 1. The molecule has 1 unspecified atom stereocenters. The Balaban J connectivity index is 1.71. The molecular formula is C14H21N3O5. The van der Waals surface area contributed by atoms with Crippen LogP contribution in [-0.4, -0.2) is 64.6 Å². The summed E-state index contributed by atoms with van der Waals surface area (Å²) < 4.78 is 12.5. The van der Waals surface area contributed by atoms with Crippen molar-refractivity contribution >= 4 is 0 Å². The Morgan fingerprint density at radius 3 is 2.82 bits per heavy atom. The van der Waals surface area contributed by atoms with Crippen LogP contribution in [0, 0.1) is 6.92 Å². The zero-order chi connectivity index (χ0) is 15.7. The zero-order valence-electron chi connectivity index (χ0n) is 12.5. The van der Waals surface area contributed by atoms with E-state index >= 15 is 0 Å². The lowest BCUT2D eigenvalue weighted by molar-refractivity contribution is -0.0515. The molecule has 8 heteroatoms. The van der Waals surface area contributed by atoms with Gasteiger partial charge in [0.05, 0.1) is 25.4 Å². The molecule has 2 N–H and O–H groups in total. The van der Waals surface area contributed by atoms with E-state index in [4.69, 9.17) is 9.47 Å². The van der Waals surface area contributed by atoms with Gasteiger partial charge in [-0.3, -0.25) is 19.2 Å².